The molecule has 1 atom stereocenters. The maximum absolute atomic E-state index is 14.2. The van der Waals surface area contributed by atoms with Crippen molar-refractivity contribution in [3.8, 4) is 17.0 Å². The van der Waals surface area contributed by atoms with Crippen LogP contribution in [-0.2, 0) is 6.54 Å². The highest BCUT2D eigenvalue weighted by Crippen LogP contribution is 2.36. The molecular weight excluding hydrogens is 432 g/mol. The van der Waals surface area contributed by atoms with Crippen molar-refractivity contribution in [2.75, 3.05) is 25.9 Å². The fourth-order valence-corrected chi connectivity index (χ4v) is 3.83. The first-order valence-corrected chi connectivity index (χ1v) is 10.3. The molecule has 8 nitrogen and oxygen atoms in total. The molecule has 4 N–H and O–H groups in total. The van der Waals surface area contributed by atoms with E-state index < -0.39 is 18.5 Å². The fourth-order valence-electron chi connectivity index (χ4n) is 3.83. The minimum Gasteiger partial charge on any atom is -0.496 e. The third kappa shape index (κ3) is 4.29. The summed E-state index contributed by atoms with van der Waals surface area (Å²) in [6.07, 6.45) is 0.524. The zero-order chi connectivity index (χ0) is 23.6. The molecule has 4 rings (SSSR count). The Bertz CT molecular complexity index is 1180. The molecule has 3 aromatic rings. The third-order valence-corrected chi connectivity index (χ3v) is 5.62. The zero-order valence-corrected chi connectivity index (χ0v) is 17.8. The minimum atomic E-state index is -3.03. The highest BCUT2D eigenvalue weighted by molar-refractivity contribution is 5.97. The van der Waals surface area contributed by atoms with E-state index in [9.17, 15) is 18.4 Å². The van der Waals surface area contributed by atoms with Crippen molar-refractivity contribution in [1.82, 2.24) is 20.4 Å². The van der Waals surface area contributed by atoms with E-state index in [1.54, 1.807) is 48.5 Å². The van der Waals surface area contributed by atoms with E-state index in [0.717, 1.165) is 10.2 Å². The molecule has 1 aromatic heterocycles. The fraction of sp³-hybridized carbons (Fsp3) is 0.261. The van der Waals surface area contributed by atoms with E-state index >= 15 is 0 Å². The Morgan fingerprint density at radius 1 is 1.30 bits per heavy atom. The van der Waals surface area contributed by atoms with E-state index in [0.29, 0.717) is 23.2 Å². The van der Waals surface area contributed by atoms with Gasteiger partial charge in [0.05, 0.1) is 24.8 Å². The molecule has 1 saturated heterocycles. The smallest absolute Gasteiger partial charge is 0.283 e. The molecule has 2 heterocycles. The van der Waals surface area contributed by atoms with Crippen molar-refractivity contribution in [2.24, 2.45) is 0 Å². The first-order valence-electron chi connectivity index (χ1n) is 10.3. The molecule has 10 heteroatoms. The van der Waals surface area contributed by atoms with Crippen molar-refractivity contribution in [1.29, 1.82) is 0 Å². The number of amides is 1. The van der Waals surface area contributed by atoms with Crippen molar-refractivity contribution in [3.05, 3.63) is 65.2 Å². The lowest BCUT2D eigenvalue weighted by Gasteiger charge is -2.19. The molecule has 0 aliphatic carbocycles. The van der Waals surface area contributed by atoms with Crippen molar-refractivity contribution < 1.29 is 23.1 Å². The minimum absolute atomic E-state index is 0.00144. The SMILES string of the molecule is COc1ccccc1C(=O)NCc1ccc(-c2nn(C3CNCC3(F)F)c(N)c2C=O)cc1. The van der Waals surface area contributed by atoms with E-state index in [1.165, 1.54) is 7.11 Å². The molecule has 1 fully saturated rings. The molecule has 0 spiro atoms. The number of ether oxygens (including phenoxy) is 1. The molecule has 1 aliphatic rings. The topological polar surface area (TPSA) is 111 Å². The van der Waals surface area contributed by atoms with Gasteiger partial charge in [-0.05, 0) is 17.7 Å². The largest absolute Gasteiger partial charge is 0.496 e. The second-order valence-electron chi connectivity index (χ2n) is 7.70. The summed E-state index contributed by atoms with van der Waals surface area (Å²) < 4.78 is 34.6. The molecule has 1 amide bonds. The first-order chi connectivity index (χ1) is 15.9. The molecule has 33 heavy (non-hydrogen) atoms. The predicted molar refractivity (Wildman–Crippen MR) is 118 cm³/mol. The van der Waals surface area contributed by atoms with Gasteiger partial charge in [0.1, 0.15) is 23.3 Å². The van der Waals surface area contributed by atoms with Crippen molar-refractivity contribution in [2.45, 2.75) is 18.5 Å². The van der Waals surface area contributed by atoms with Gasteiger partial charge in [-0.2, -0.15) is 5.10 Å². The molecule has 0 saturated carbocycles. The van der Waals surface area contributed by atoms with Gasteiger partial charge >= 0.3 is 0 Å². The molecule has 1 aliphatic heterocycles. The Balaban J connectivity index is 1.52. The molecule has 1 unspecified atom stereocenters. The highest BCUT2D eigenvalue weighted by atomic mass is 19.3. The van der Waals surface area contributed by atoms with Gasteiger partial charge < -0.3 is 21.1 Å². The number of nitrogens with one attached hydrogen (secondary N) is 2. The number of nitrogens with two attached hydrogens (primary N) is 1. The van der Waals surface area contributed by atoms with Crippen molar-refractivity contribution in [3.63, 3.8) is 0 Å². The molecular formula is C23H23F2N5O3. The number of methoxy groups -OCH3 is 1. The van der Waals surface area contributed by atoms with Crippen LogP contribution in [0, 0.1) is 0 Å². The Morgan fingerprint density at radius 3 is 2.67 bits per heavy atom. The van der Waals surface area contributed by atoms with Crippen LogP contribution in [0.5, 0.6) is 5.75 Å². The van der Waals surface area contributed by atoms with Gasteiger partial charge in [-0.1, -0.05) is 36.4 Å². The number of aromatic nitrogens is 2. The Kier molecular flexibility index (Phi) is 6.10. The average Bonchev–Trinajstić information content (AvgIpc) is 3.35. The summed E-state index contributed by atoms with van der Waals surface area (Å²) in [7, 11) is 1.50. The summed E-state index contributed by atoms with van der Waals surface area (Å²) in [6.45, 7) is -0.215. The second-order valence-corrected chi connectivity index (χ2v) is 7.70. The summed E-state index contributed by atoms with van der Waals surface area (Å²) in [5.74, 6) is -2.93. The van der Waals surface area contributed by atoms with Crippen molar-refractivity contribution >= 4 is 18.0 Å². The number of alkyl halides is 2. The molecule has 2 aromatic carbocycles. The van der Waals surface area contributed by atoms with E-state index in [1.807, 2.05) is 0 Å². The van der Waals surface area contributed by atoms with Gasteiger partial charge in [0.15, 0.2) is 6.29 Å². The Hall–Kier alpha value is -3.79. The van der Waals surface area contributed by atoms with E-state index in [-0.39, 0.29) is 36.1 Å². The number of carbonyl (C=O) groups excluding carboxylic acids is 2. The van der Waals surface area contributed by atoms with Gasteiger partial charge in [0, 0.05) is 18.7 Å². The van der Waals surface area contributed by atoms with Crippen LogP contribution in [0.4, 0.5) is 14.6 Å². The van der Waals surface area contributed by atoms with Gasteiger partial charge in [-0.25, -0.2) is 13.5 Å². The number of hydrogen-bond donors (Lipinski definition) is 3. The lowest BCUT2D eigenvalue weighted by Crippen LogP contribution is -2.31. The van der Waals surface area contributed by atoms with Crippen LogP contribution in [0.1, 0.15) is 32.3 Å². The first kappa shape index (κ1) is 22.4. The summed E-state index contributed by atoms with van der Waals surface area (Å²) >= 11 is 0. The van der Waals surface area contributed by atoms with Crippen LogP contribution in [-0.4, -0.2) is 48.1 Å². The van der Waals surface area contributed by atoms with Crippen LogP contribution in [0.3, 0.4) is 0 Å². The molecule has 0 radical (unpaired) electrons. The number of anilines is 1. The van der Waals surface area contributed by atoms with Gasteiger partial charge in [0.25, 0.3) is 11.8 Å². The summed E-state index contributed by atoms with van der Waals surface area (Å²) in [5, 5.41) is 9.70. The maximum Gasteiger partial charge on any atom is 0.283 e. The number of halogens is 2. The average molecular weight is 455 g/mol. The standard InChI is InChI=1S/C23H23F2N5O3/c1-33-18-5-3-2-4-16(18)22(32)28-10-14-6-8-15(9-7-14)20-17(12-31)21(26)30(29-20)19-11-27-13-23(19,24)25/h2-9,12,19,27H,10-11,13,26H2,1H3,(H,28,32). The predicted octanol–water partition coefficient (Wildman–Crippen LogP) is 2.66. The lowest BCUT2D eigenvalue weighted by molar-refractivity contribution is -0.0188. The van der Waals surface area contributed by atoms with Gasteiger partial charge in [0.2, 0.25) is 0 Å². The maximum atomic E-state index is 14.2. The number of carbonyl (C=O) groups is 2. The molecule has 0 bridgehead atoms. The Morgan fingerprint density at radius 2 is 2.03 bits per heavy atom. The summed E-state index contributed by atoms with van der Waals surface area (Å²) in [4.78, 5) is 24.1. The summed E-state index contributed by atoms with van der Waals surface area (Å²) in [5.41, 5.74) is 8.06. The highest BCUT2D eigenvalue weighted by Gasteiger charge is 2.47. The Labute approximate surface area is 188 Å². The monoisotopic (exact) mass is 455 g/mol. The number of nitrogens with zero attached hydrogens (tertiary/aromatic N) is 2. The number of rotatable bonds is 7. The molecule has 172 valence electrons. The van der Waals surface area contributed by atoms with Crippen LogP contribution < -0.4 is 21.1 Å². The number of para-hydroxylation sites is 1. The third-order valence-electron chi connectivity index (χ3n) is 5.62. The van der Waals surface area contributed by atoms with Gasteiger partial charge in [-0.15, -0.1) is 0 Å². The normalized spacial score (nSPS) is 17.0. The van der Waals surface area contributed by atoms with E-state index in [2.05, 4.69) is 15.7 Å². The van der Waals surface area contributed by atoms with Crippen LogP contribution >= 0.6 is 0 Å². The number of nitrogen functional groups attached to an aromatic ring is 1. The number of aldehydes is 1. The number of benzene rings is 2. The van der Waals surface area contributed by atoms with E-state index in [4.69, 9.17) is 10.5 Å². The van der Waals surface area contributed by atoms with Crippen LogP contribution in [0.2, 0.25) is 0 Å². The quantitative estimate of drug-likeness (QED) is 0.473. The second kappa shape index (κ2) is 8.99. The van der Waals surface area contributed by atoms with Crippen LogP contribution in [0.15, 0.2) is 48.5 Å². The van der Waals surface area contributed by atoms with Crippen LogP contribution in [0.25, 0.3) is 11.3 Å². The van der Waals surface area contributed by atoms with Gasteiger partial charge in [-0.3, -0.25) is 9.59 Å². The number of hydrogen-bond acceptors (Lipinski definition) is 6. The lowest BCUT2D eigenvalue weighted by atomic mass is 10.1. The zero-order valence-electron chi connectivity index (χ0n) is 17.8. The summed E-state index contributed by atoms with van der Waals surface area (Å²) in [6, 6.07) is 12.6.